The van der Waals surface area contributed by atoms with Crippen LogP contribution in [0, 0.1) is 5.82 Å². The smallest absolute Gasteiger partial charge is 0.146 e. The number of benzene rings is 1. The SMILES string of the molecule is CC(O)c1cccc(F)c1N(C)Cc1csc(Br)c1. The lowest BCUT2D eigenvalue weighted by molar-refractivity contribution is 0.199. The third kappa shape index (κ3) is 3.35. The number of aliphatic hydroxyl groups is 1. The molecule has 0 saturated carbocycles. The number of halogens is 2. The van der Waals surface area contributed by atoms with E-state index in [9.17, 15) is 9.50 Å². The Bertz CT molecular complexity index is 570. The second-order valence-corrected chi connectivity index (χ2v) is 6.76. The molecule has 0 aliphatic rings. The minimum atomic E-state index is -0.692. The first-order valence-corrected chi connectivity index (χ1v) is 7.57. The van der Waals surface area contributed by atoms with Crippen molar-refractivity contribution < 1.29 is 9.50 Å². The molecule has 0 aliphatic carbocycles. The summed E-state index contributed by atoms with van der Waals surface area (Å²) in [4.78, 5) is 1.83. The van der Waals surface area contributed by atoms with Crippen LogP contribution in [0.1, 0.15) is 24.2 Å². The number of thiophene rings is 1. The summed E-state index contributed by atoms with van der Waals surface area (Å²) in [5.74, 6) is -0.310. The van der Waals surface area contributed by atoms with Crippen LogP contribution in [0.15, 0.2) is 33.4 Å². The fourth-order valence-electron chi connectivity index (χ4n) is 2.05. The second-order valence-electron chi connectivity index (χ2n) is 4.47. The minimum absolute atomic E-state index is 0.310. The Morgan fingerprint density at radius 2 is 2.21 bits per heavy atom. The van der Waals surface area contributed by atoms with Crippen LogP contribution in [0.5, 0.6) is 0 Å². The number of para-hydroxylation sites is 1. The molecule has 5 heteroatoms. The molecular formula is C14H15BrFNOS. The van der Waals surface area contributed by atoms with E-state index < -0.39 is 6.10 Å². The van der Waals surface area contributed by atoms with E-state index in [2.05, 4.69) is 15.9 Å². The maximum atomic E-state index is 14.0. The molecule has 2 nitrogen and oxygen atoms in total. The van der Waals surface area contributed by atoms with Crippen molar-refractivity contribution in [1.29, 1.82) is 0 Å². The van der Waals surface area contributed by atoms with Gasteiger partial charge >= 0.3 is 0 Å². The lowest BCUT2D eigenvalue weighted by atomic mass is 10.1. The van der Waals surface area contributed by atoms with Crippen LogP contribution >= 0.6 is 27.3 Å². The lowest BCUT2D eigenvalue weighted by Gasteiger charge is -2.23. The number of hydrogen-bond acceptors (Lipinski definition) is 3. The van der Waals surface area contributed by atoms with Crippen LogP contribution in [0.2, 0.25) is 0 Å². The van der Waals surface area contributed by atoms with Gasteiger partial charge in [-0.05, 0) is 45.9 Å². The summed E-state index contributed by atoms with van der Waals surface area (Å²) in [5, 5.41) is 11.8. The van der Waals surface area contributed by atoms with E-state index in [-0.39, 0.29) is 5.82 Å². The minimum Gasteiger partial charge on any atom is -0.389 e. The first-order valence-electron chi connectivity index (χ1n) is 5.89. The highest BCUT2D eigenvalue weighted by Gasteiger charge is 2.16. The van der Waals surface area contributed by atoms with Gasteiger partial charge in [0.2, 0.25) is 0 Å². The van der Waals surface area contributed by atoms with Crippen LogP contribution in [-0.4, -0.2) is 12.2 Å². The van der Waals surface area contributed by atoms with Crippen molar-refractivity contribution in [3.8, 4) is 0 Å². The average molecular weight is 344 g/mol. The van der Waals surface area contributed by atoms with Gasteiger partial charge in [0.15, 0.2) is 0 Å². The van der Waals surface area contributed by atoms with Crippen molar-refractivity contribution in [3.05, 3.63) is 50.4 Å². The lowest BCUT2D eigenvalue weighted by Crippen LogP contribution is -2.19. The standard InChI is InChI=1S/C14H15BrFNOS/c1-9(18)11-4-3-5-12(16)14(11)17(2)7-10-6-13(15)19-8-10/h3-6,8-9,18H,7H2,1-2H3. The predicted octanol–water partition coefficient (Wildman–Crippen LogP) is 4.34. The van der Waals surface area contributed by atoms with E-state index in [0.717, 1.165) is 9.35 Å². The molecule has 1 aromatic heterocycles. The van der Waals surface area contributed by atoms with Crippen LogP contribution in [0.25, 0.3) is 0 Å². The number of nitrogens with zero attached hydrogens (tertiary/aromatic N) is 1. The number of rotatable bonds is 4. The topological polar surface area (TPSA) is 23.5 Å². The van der Waals surface area contributed by atoms with Gasteiger partial charge in [0.1, 0.15) is 5.82 Å². The van der Waals surface area contributed by atoms with E-state index in [0.29, 0.717) is 17.8 Å². The Balaban J connectivity index is 2.30. The van der Waals surface area contributed by atoms with Gasteiger partial charge < -0.3 is 10.0 Å². The molecule has 0 bridgehead atoms. The summed E-state index contributed by atoms with van der Waals surface area (Å²) in [7, 11) is 1.83. The molecule has 0 spiro atoms. The molecule has 0 saturated heterocycles. The van der Waals surface area contributed by atoms with Gasteiger partial charge in [-0.15, -0.1) is 11.3 Å². The number of hydrogen-bond donors (Lipinski definition) is 1. The molecule has 2 aromatic rings. The van der Waals surface area contributed by atoms with Crippen molar-refractivity contribution in [3.63, 3.8) is 0 Å². The first kappa shape index (κ1) is 14.5. The molecule has 0 amide bonds. The van der Waals surface area contributed by atoms with Gasteiger partial charge in [-0.3, -0.25) is 0 Å². The van der Waals surface area contributed by atoms with Gasteiger partial charge in [-0.1, -0.05) is 12.1 Å². The Morgan fingerprint density at radius 3 is 2.79 bits per heavy atom. The molecule has 19 heavy (non-hydrogen) atoms. The third-order valence-electron chi connectivity index (χ3n) is 2.89. The molecule has 1 aromatic carbocycles. The first-order chi connectivity index (χ1) is 8.99. The normalized spacial score (nSPS) is 12.5. The van der Waals surface area contributed by atoms with Crippen molar-refractivity contribution >= 4 is 33.0 Å². The fourth-order valence-corrected chi connectivity index (χ4v) is 3.25. The van der Waals surface area contributed by atoms with Crippen LogP contribution in [0.3, 0.4) is 0 Å². The maximum absolute atomic E-state index is 14.0. The van der Waals surface area contributed by atoms with Crippen molar-refractivity contribution in [2.24, 2.45) is 0 Å². The Kier molecular flexibility index (Phi) is 4.60. The highest BCUT2D eigenvalue weighted by molar-refractivity contribution is 9.11. The van der Waals surface area contributed by atoms with Gasteiger partial charge in [0, 0.05) is 19.2 Å². The molecular weight excluding hydrogens is 329 g/mol. The monoisotopic (exact) mass is 343 g/mol. The van der Waals surface area contributed by atoms with Crippen molar-refractivity contribution in [2.75, 3.05) is 11.9 Å². The summed E-state index contributed by atoms with van der Waals surface area (Å²) in [5.41, 5.74) is 2.18. The van der Waals surface area contributed by atoms with Crippen molar-refractivity contribution in [2.45, 2.75) is 19.6 Å². The third-order valence-corrected chi connectivity index (χ3v) is 4.44. The molecule has 0 fully saturated rings. The van der Waals surface area contributed by atoms with Gasteiger partial charge in [0.05, 0.1) is 15.6 Å². The van der Waals surface area contributed by atoms with Crippen molar-refractivity contribution in [1.82, 2.24) is 0 Å². The summed E-state index contributed by atoms with van der Waals surface area (Å²) in [6.45, 7) is 2.25. The summed E-state index contributed by atoms with van der Waals surface area (Å²) >= 11 is 5.02. The maximum Gasteiger partial charge on any atom is 0.146 e. The van der Waals surface area contributed by atoms with E-state index in [4.69, 9.17) is 0 Å². The van der Waals surface area contributed by atoms with Crippen LogP contribution in [0.4, 0.5) is 10.1 Å². The molecule has 2 rings (SSSR count). The Hall–Kier alpha value is -0.910. The fraction of sp³-hybridized carbons (Fsp3) is 0.286. The molecule has 1 heterocycles. The van der Waals surface area contributed by atoms with E-state index in [1.807, 2.05) is 23.4 Å². The second kappa shape index (κ2) is 6.03. The zero-order valence-electron chi connectivity index (χ0n) is 10.7. The van der Waals surface area contributed by atoms with Gasteiger partial charge in [-0.2, -0.15) is 0 Å². The van der Waals surface area contributed by atoms with Crippen LogP contribution in [-0.2, 0) is 6.54 Å². The molecule has 0 aliphatic heterocycles. The summed E-state index contributed by atoms with van der Waals surface area (Å²) in [6.07, 6.45) is -0.692. The highest BCUT2D eigenvalue weighted by Crippen LogP contribution is 2.30. The summed E-state index contributed by atoms with van der Waals surface area (Å²) in [6, 6.07) is 6.81. The highest BCUT2D eigenvalue weighted by atomic mass is 79.9. The Morgan fingerprint density at radius 1 is 1.47 bits per heavy atom. The number of anilines is 1. The van der Waals surface area contributed by atoms with E-state index >= 15 is 0 Å². The zero-order valence-corrected chi connectivity index (χ0v) is 13.1. The largest absolute Gasteiger partial charge is 0.389 e. The summed E-state index contributed by atoms with van der Waals surface area (Å²) < 4.78 is 15.1. The quantitative estimate of drug-likeness (QED) is 0.892. The molecule has 0 radical (unpaired) electrons. The average Bonchev–Trinajstić information content (AvgIpc) is 2.74. The molecule has 1 unspecified atom stereocenters. The van der Waals surface area contributed by atoms with Crippen LogP contribution < -0.4 is 4.90 Å². The van der Waals surface area contributed by atoms with E-state index in [1.165, 1.54) is 6.07 Å². The number of aliphatic hydroxyl groups excluding tert-OH is 1. The Labute approximate surface area is 124 Å². The molecule has 102 valence electrons. The zero-order chi connectivity index (χ0) is 14.0. The molecule has 1 N–H and O–H groups in total. The predicted molar refractivity (Wildman–Crippen MR) is 81.2 cm³/mol. The van der Waals surface area contributed by atoms with Gasteiger partial charge in [0.25, 0.3) is 0 Å². The van der Waals surface area contributed by atoms with Gasteiger partial charge in [-0.25, -0.2) is 4.39 Å². The van der Waals surface area contributed by atoms with E-state index in [1.54, 1.807) is 30.4 Å². The molecule has 1 atom stereocenters.